The summed E-state index contributed by atoms with van der Waals surface area (Å²) in [4.78, 5) is 29.6. The van der Waals surface area contributed by atoms with Gasteiger partial charge in [-0.2, -0.15) is 0 Å². The van der Waals surface area contributed by atoms with Crippen molar-refractivity contribution in [2.45, 2.75) is 20.8 Å². The molecule has 1 heterocycles. The van der Waals surface area contributed by atoms with Crippen LogP contribution in [0.1, 0.15) is 40.1 Å². The molecule has 0 spiro atoms. The van der Waals surface area contributed by atoms with E-state index < -0.39 is 0 Å². The van der Waals surface area contributed by atoms with Crippen LogP contribution < -0.4 is 20.3 Å². The summed E-state index contributed by atoms with van der Waals surface area (Å²) < 4.78 is 5.66. The van der Waals surface area contributed by atoms with E-state index in [2.05, 4.69) is 29.4 Å². The van der Waals surface area contributed by atoms with Crippen molar-refractivity contribution in [3.63, 3.8) is 0 Å². The van der Waals surface area contributed by atoms with E-state index in [1.165, 1.54) is 0 Å². The van der Waals surface area contributed by atoms with Crippen LogP contribution in [0.5, 0.6) is 5.75 Å². The second kappa shape index (κ2) is 13.0. The maximum absolute atomic E-state index is 12.9. The van der Waals surface area contributed by atoms with Gasteiger partial charge in [-0.25, -0.2) is 0 Å². The fraction of sp³-hybridized carbons (Fsp3) is 0.300. The number of hydrogen-bond donors (Lipinski definition) is 2. The molecule has 0 saturated carbocycles. The lowest BCUT2D eigenvalue weighted by Crippen LogP contribution is -2.49. The van der Waals surface area contributed by atoms with E-state index in [4.69, 9.17) is 28.6 Å². The van der Waals surface area contributed by atoms with Gasteiger partial charge in [-0.3, -0.25) is 14.9 Å². The Hall–Kier alpha value is -3.62. The van der Waals surface area contributed by atoms with Gasteiger partial charge in [0.25, 0.3) is 11.8 Å². The number of thiocarbonyl (C=S) groups is 1. The molecular weight excluding hydrogens is 532 g/mol. The molecule has 0 bridgehead atoms. The van der Waals surface area contributed by atoms with Crippen LogP contribution in [0.25, 0.3) is 0 Å². The normalized spacial score (nSPS) is 13.3. The molecule has 1 aliphatic heterocycles. The number of nitrogens with zero attached hydrogens (tertiary/aromatic N) is 2. The van der Waals surface area contributed by atoms with Crippen molar-refractivity contribution in [2.24, 2.45) is 5.92 Å². The number of rotatable bonds is 7. The van der Waals surface area contributed by atoms with Gasteiger partial charge in [0.1, 0.15) is 5.75 Å². The molecule has 0 aliphatic carbocycles. The second-order valence-corrected chi connectivity index (χ2v) is 10.7. The van der Waals surface area contributed by atoms with Gasteiger partial charge in [0.05, 0.1) is 17.3 Å². The molecule has 0 radical (unpaired) electrons. The highest BCUT2D eigenvalue weighted by Crippen LogP contribution is 2.30. The number of carbonyl (C=O) groups excluding carboxylic acids is 2. The molecule has 0 atom stereocenters. The minimum absolute atomic E-state index is 0.0596. The van der Waals surface area contributed by atoms with Crippen molar-refractivity contribution in [3.8, 4) is 5.75 Å². The van der Waals surface area contributed by atoms with Gasteiger partial charge in [0.15, 0.2) is 5.11 Å². The van der Waals surface area contributed by atoms with Crippen molar-refractivity contribution in [2.75, 3.05) is 43.0 Å². The largest absolute Gasteiger partial charge is 0.493 e. The van der Waals surface area contributed by atoms with E-state index in [0.717, 1.165) is 22.6 Å². The molecule has 0 aromatic heterocycles. The van der Waals surface area contributed by atoms with Crippen LogP contribution in [0.2, 0.25) is 5.02 Å². The Morgan fingerprint density at radius 3 is 2.33 bits per heavy atom. The SMILES string of the molecule is Cc1ccccc1C(=O)N1CCN(c2ccc(NC(=S)NC(=O)c3ccc(OCC(C)C)cc3)cc2Cl)CC1. The molecule has 7 nitrogen and oxygen atoms in total. The Kier molecular flexibility index (Phi) is 9.43. The first-order valence-electron chi connectivity index (χ1n) is 13.0. The molecule has 3 aromatic rings. The van der Waals surface area contributed by atoms with Crippen LogP contribution in [-0.4, -0.2) is 54.6 Å². The first kappa shape index (κ1) is 28.4. The number of piperazine rings is 1. The highest BCUT2D eigenvalue weighted by molar-refractivity contribution is 7.80. The fourth-order valence-electron chi connectivity index (χ4n) is 4.28. The standard InChI is InChI=1S/C30H33ClN4O3S/c1-20(2)19-38-24-11-8-22(9-12-24)28(36)33-30(39)32-23-10-13-27(26(31)18-23)34-14-16-35(17-15-34)29(37)25-7-5-4-6-21(25)3/h4-13,18,20H,14-17,19H2,1-3H3,(H2,32,33,36,39). The van der Waals surface area contributed by atoms with Crippen molar-refractivity contribution < 1.29 is 14.3 Å². The summed E-state index contributed by atoms with van der Waals surface area (Å²) in [6.45, 7) is 9.32. The third kappa shape index (κ3) is 7.49. The number of anilines is 2. The molecule has 1 fully saturated rings. The van der Waals surface area contributed by atoms with Crippen molar-refractivity contribution >= 4 is 52.1 Å². The van der Waals surface area contributed by atoms with Gasteiger partial charge < -0.3 is 19.9 Å². The number of carbonyl (C=O) groups is 2. The zero-order chi connectivity index (χ0) is 27.9. The third-order valence-corrected chi connectivity index (χ3v) is 6.92. The zero-order valence-corrected chi connectivity index (χ0v) is 23.9. The van der Waals surface area contributed by atoms with Gasteiger partial charge in [0, 0.05) is 43.0 Å². The predicted molar refractivity (Wildman–Crippen MR) is 161 cm³/mol. The third-order valence-electron chi connectivity index (χ3n) is 6.42. The van der Waals surface area contributed by atoms with Gasteiger partial charge in [-0.1, -0.05) is 43.6 Å². The van der Waals surface area contributed by atoms with Crippen LogP contribution in [0.3, 0.4) is 0 Å². The Morgan fingerprint density at radius 1 is 1.00 bits per heavy atom. The average molecular weight is 565 g/mol. The summed E-state index contributed by atoms with van der Waals surface area (Å²) in [5.74, 6) is 0.882. The Bertz CT molecular complexity index is 1340. The number of nitrogens with one attached hydrogen (secondary N) is 2. The lowest BCUT2D eigenvalue weighted by molar-refractivity contribution is 0.0746. The van der Waals surface area contributed by atoms with Gasteiger partial charge >= 0.3 is 0 Å². The van der Waals surface area contributed by atoms with Gasteiger partial charge in [-0.05, 0) is 79.2 Å². The highest BCUT2D eigenvalue weighted by Gasteiger charge is 2.24. The second-order valence-electron chi connectivity index (χ2n) is 9.90. The van der Waals surface area contributed by atoms with E-state index in [1.54, 1.807) is 30.3 Å². The molecule has 4 rings (SSSR count). The number of amides is 2. The van der Waals surface area contributed by atoms with Crippen molar-refractivity contribution in [3.05, 3.63) is 88.4 Å². The quantitative estimate of drug-likeness (QED) is 0.355. The monoisotopic (exact) mass is 564 g/mol. The Morgan fingerprint density at radius 2 is 1.69 bits per heavy atom. The van der Waals surface area contributed by atoms with E-state index in [-0.39, 0.29) is 16.9 Å². The Labute approximate surface area is 240 Å². The molecule has 39 heavy (non-hydrogen) atoms. The molecule has 2 N–H and O–H groups in total. The van der Waals surface area contributed by atoms with Gasteiger partial charge in [0.2, 0.25) is 0 Å². The minimum Gasteiger partial charge on any atom is -0.493 e. The number of benzene rings is 3. The van der Waals surface area contributed by atoms with Crippen molar-refractivity contribution in [1.29, 1.82) is 0 Å². The van der Waals surface area contributed by atoms with Gasteiger partial charge in [-0.15, -0.1) is 0 Å². The molecule has 2 amide bonds. The van der Waals surface area contributed by atoms with E-state index in [9.17, 15) is 9.59 Å². The summed E-state index contributed by atoms with van der Waals surface area (Å²) in [5.41, 5.74) is 3.76. The lowest BCUT2D eigenvalue weighted by Gasteiger charge is -2.36. The molecular formula is C30H33ClN4O3S. The molecule has 0 unspecified atom stereocenters. The molecule has 3 aromatic carbocycles. The topological polar surface area (TPSA) is 73.9 Å². The van der Waals surface area contributed by atoms with Crippen molar-refractivity contribution in [1.82, 2.24) is 10.2 Å². The lowest BCUT2D eigenvalue weighted by atomic mass is 10.1. The summed E-state index contributed by atoms with van der Waals surface area (Å²) >= 11 is 12.0. The molecule has 1 aliphatic rings. The number of ether oxygens (including phenoxy) is 1. The van der Waals surface area contributed by atoms with E-state index in [1.807, 2.05) is 48.2 Å². The minimum atomic E-state index is -0.316. The number of hydrogen-bond acceptors (Lipinski definition) is 5. The predicted octanol–water partition coefficient (Wildman–Crippen LogP) is 5.77. The molecule has 1 saturated heterocycles. The average Bonchev–Trinajstić information content (AvgIpc) is 2.92. The zero-order valence-electron chi connectivity index (χ0n) is 22.4. The van der Waals surface area contributed by atoms with Crippen LogP contribution in [-0.2, 0) is 0 Å². The smallest absolute Gasteiger partial charge is 0.257 e. The number of halogens is 1. The molecule has 204 valence electrons. The highest BCUT2D eigenvalue weighted by atomic mass is 35.5. The summed E-state index contributed by atoms with van der Waals surface area (Å²) in [7, 11) is 0. The first-order valence-corrected chi connectivity index (χ1v) is 13.7. The van der Waals surface area contributed by atoms with Crippen LogP contribution in [0, 0.1) is 12.8 Å². The fourth-order valence-corrected chi connectivity index (χ4v) is 4.79. The van der Waals surface area contributed by atoms with Crippen LogP contribution >= 0.6 is 23.8 Å². The maximum Gasteiger partial charge on any atom is 0.257 e. The maximum atomic E-state index is 12.9. The van der Waals surface area contributed by atoms with E-state index >= 15 is 0 Å². The van der Waals surface area contributed by atoms with Crippen LogP contribution in [0.15, 0.2) is 66.7 Å². The van der Waals surface area contributed by atoms with E-state index in [0.29, 0.717) is 55.0 Å². The Balaban J connectivity index is 1.29. The summed E-state index contributed by atoms with van der Waals surface area (Å²) in [6.07, 6.45) is 0. The molecule has 9 heteroatoms. The summed E-state index contributed by atoms with van der Waals surface area (Å²) in [5, 5.41) is 6.45. The first-order chi connectivity index (χ1) is 18.7. The number of aryl methyl sites for hydroxylation is 1. The summed E-state index contributed by atoms with van der Waals surface area (Å²) in [6, 6.07) is 20.2. The van der Waals surface area contributed by atoms with Crippen LogP contribution in [0.4, 0.5) is 11.4 Å².